The first-order valence-corrected chi connectivity index (χ1v) is 12.6. The molecule has 3 heterocycles. The zero-order valence-electron chi connectivity index (χ0n) is 17.2. The third kappa shape index (κ3) is 4.24. The van der Waals surface area contributed by atoms with Gasteiger partial charge < -0.3 is 5.32 Å². The van der Waals surface area contributed by atoms with E-state index in [9.17, 15) is 8.42 Å². The lowest BCUT2D eigenvalue weighted by molar-refractivity contribution is 0.282. The van der Waals surface area contributed by atoms with Gasteiger partial charge in [-0.25, -0.2) is 17.7 Å². The van der Waals surface area contributed by atoms with Crippen LogP contribution in [0.5, 0.6) is 0 Å². The summed E-state index contributed by atoms with van der Waals surface area (Å²) < 4.78 is 28.4. The smallest absolute Gasteiger partial charge is 0.213 e. The van der Waals surface area contributed by atoms with Crippen molar-refractivity contribution < 1.29 is 8.42 Å². The standard InChI is InChI=1S/C21H26BrN5O2S/c1-3-30(28,29)26-10-8-16(9-11-26)13-23-20-12-19(17-7-5-4-6-15(17)2)25-21-18(22)14-24-27(20)21/h4-7,12,14,16,23H,3,8-11,13H2,1-2H3. The van der Waals surface area contributed by atoms with Crippen LogP contribution in [-0.2, 0) is 10.0 Å². The van der Waals surface area contributed by atoms with Crippen molar-refractivity contribution in [3.05, 3.63) is 46.6 Å². The van der Waals surface area contributed by atoms with E-state index in [-0.39, 0.29) is 5.75 Å². The molecule has 9 heteroatoms. The third-order valence-electron chi connectivity index (χ3n) is 5.75. The van der Waals surface area contributed by atoms with Gasteiger partial charge in [0.2, 0.25) is 10.0 Å². The molecule has 7 nitrogen and oxygen atoms in total. The zero-order valence-corrected chi connectivity index (χ0v) is 19.6. The lowest BCUT2D eigenvalue weighted by atomic mass is 9.98. The van der Waals surface area contributed by atoms with Crippen LogP contribution in [0.25, 0.3) is 16.9 Å². The molecule has 0 atom stereocenters. The maximum Gasteiger partial charge on any atom is 0.213 e. The highest BCUT2D eigenvalue weighted by molar-refractivity contribution is 9.10. The summed E-state index contributed by atoms with van der Waals surface area (Å²) in [5, 5.41) is 7.99. The van der Waals surface area contributed by atoms with E-state index in [1.165, 1.54) is 5.56 Å². The largest absolute Gasteiger partial charge is 0.370 e. The van der Waals surface area contributed by atoms with Gasteiger partial charge in [-0.15, -0.1) is 0 Å². The summed E-state index contributed by atoms with van der Waals surface area (Å²) in [4.78, 5) is 4.81. The second kappa shape index (κ2) is 8.64. The van der Waals surface area contributed by atoms with E-state index in [0.717, 1.165) is 46.6 Å². The van der Waals surface area contributed by atoms with Crippen LogP contribution in [0.15, 0.2) is 41.0 Å². The highest BCUT2D eigenvalue weighted by Crippen LogP contribution is 2.28. The molecule has 30 heavy (non-hydrogen) atoms. The highest BCUT2D eigenvalue weighted by Gasteiger charge is 2.26. The Labute approximate surface area is 185 Å². The molecule has 1 fully saturated rings. The van der Waals surface area contributed by atoms with E-state index >= 15 is 0 Å². The van der Waals surface area contributed by atoms with Gasteiger partial charge in [0.25, 0.3) is 0 Å². The fraction of sp³-hybridized carbons (Fsp3) is 0.429. The van der Waals surface area contributed by atoms with Gasteiger partial charge in [-0.05, 0) is 54.1 Å². The van der Waals surface area contributed by atoms with E-state index in [4.69, 9.17) is 4.98 Å². The van der Waals surface area contributed by atoms with Crippen LogP contribution in [0.2, 0.25) is 0 Å². The fourth-order valence-electron chi connectivity index (χ4n) is 3.88. The molecule has 2 aromatic heterocycles. The molecule has 0 radical (unpaired) electrons. The number of anilines is 1. The first-order chi connectivity index (χ1) is 14.4. The van der Waals surface area contributed by atoms with Crippen LogP contribution >= 0.6 is 15.9 Å². The van der Waals surface area contributed by atoms with Crippen molar-refractivity contribution >= 4 is 37.4 Å². The fourth-order valence-corrected chi connectivity index (χ4v) is 5.36. The Morgan fingerprint density at radius 1 is 1.23 bits per heavy atom. The number of piperidine rings is 1. The second-order valence-electron chi connectivity index (χ2n) is 7.69. The van der Waals surface area contributed by atoms with E-state index < -0.39 is 10.0 Å². The van der Waals surface area contributed by atoms with E-state index in [1.807, 2.05) is 22.7 Å². The number of halogens is 1. The van der Waals surface area contributed by atoms with E-state index in [1.54, 1.807) is 17.4 Å². The highest BCUT2D eigenvalue weighted by atomic mass is 79.9. The first kappa shape index (κ1) is 21.3. The summed E-state index contributed by atoms with van der Waals surface area (Å²) in [7, 11) is -3.09. The average Bonchev–Trinajstić information content (AvgIpc) is 3.13. The van der Waals surface area contributed by atoms with Crippen molar-refractivity contribution in [2.45, 2.75) is 26.7 Å². The van der Waals surface area contributed by atoms with Crippen LogP contribution in [0.4, 0.5) is 5.82 Å². The molecule has 0 amide bonds. The normalized spacial score (nSPS) is 16.2. The number of hydrogen-bond acceptors (Lipinski definition) is 5. The van der Waals surface area contributed by atoms with Gasteiger partial charge in [0.05, 0.1) is 22.1 Å². The molecule has 3 aromatic rings. The van der Waals surface area contributed by atoms with Crippen molar-refractivity contribution in [2.75, 3.05) is 30.7 Å². The molecule has 0 bridgehead atoms. The number of aromatic nitrogens is 3. The number of hydrogen-bond donors (Lipinski definition) is 1. The number of sulfonamides is 1. The molecule has 0 aliphatic carbocycles. The molecule has 0 saturated carbocycles. The van der Waals surface area contributed by atoms with Gasteiger partial charge in [0.15, 0.2) is 5.65 Å². The molecule has 0 unspecified atom stereocenters. The summed E-state index contributed by atoms with van der Waals surface area (Å²) in [5.74, 6) is 1.46. The van der Waals surface area contributed by atoms with Gasteiger partial charge in [-0.3, -0.25) is 0 Å². The summed E-state index contributed by atoms with van der Waals surface area (Å²) in [6.07, 6.45) is 3.46. The number of fused-ring (bicyclic) bond motifs is 1. The maximum absolute atomic E-state index is 12.1. The predicted molar refractivity (Wildman–Crippen MR) is 123 cm³/mol. The number of aryl methyl sites for hydroxylation is 1. The monoisotopic (exact) mass is 491 g/mol. The Morgan fingerprint density at radius 2 is 1.97 bits per heavy atom. The van der Waals surface area contributed by atoms with Gasteiger partial charge in [0.1, 0.15) is 5.82 Å². The van der Waals surface area contributed by atoms with Gasteiger partial charge in [-0.1, -0.05) is 24.3 Å². The second-order valence-corrected chi connectivity index (χ2v) is 10.8. The Kier molecular flexibility index (Phi) is 6.13. The summed E-state index contributed by atoms with van der Waals surface area (Å²) in [6.45, 7) is 5.74. The maximum atomic E-state index is 12.1. The summed E-state index contributed by atoms with van der Waals surface area (Å²) in [6, 6.07) is 10.2. The molecule has 1 aliphatic heterocycles. The molecule has 1 aliphatic rings. The Bertz CT molecular complexity index is 1150. The SMILES string of the molecule is CCS(=O)(=O)N1CCC(CNc2cc(-c3ccccc3C)nc3c(Br)cnn23)CC1. The molecule has 1 N–H and O–H groups in total. The first-order valence-electron chi connectivity index (χ1n) is 10.2. The van der Waals surface area contributed by atoms with E-state index in [0.29, 0.717) is 19.0 Å². The zero-order chi connectivity index (χ0) is 21.3. The Morgan fingerprint density at radius 3 is 2.67 bits per heavy atom. The lowest BCUT2D eigenvalue weighted by Gasteiger charge is -2.31. The van der Waals surface area contributed by atoms with Crippen LogP contribution < -0.4 is 5.32 Å². The number of nitrogens with zero attached hydrogens (tertiary/aromatic N) is 4. The predicted octanol–water partition coefficient (Wildman–Crippen LogP) is 3.94. The van der Waals surface area contributed by atoms with Crippen LogP contribution in [0.1, 0.15) is 25.3 Å². The van der Waals surface area contributed by atoms with Crippen molar-refractivity contribution in [3.63, 3.8) is 0 Å². The molecule has 4 rings (SSSR count). The minimum Gasteiger partial charge on any atom is -0.370 e. The van der Waals surface area contributed by atoms with Crippen molar-refractivity contribution in [1.29, 1.82) is 0 Å². The van der Waals surface area contributed by atoms with Crippen molar-refractivity contribution in [2.24, 2.45) is 5.92 Å². The van der Waals surface area contributed by atoms with Gasteiger partial charge in [0, 0.05) is 31.3 Å². The molecule has 1 aromatic carbocycles. The van der Waals surface area contributed by atoms with Gasteiger partial charge >= 0.3 is 0 Å². The minimum atomic E-state index is -3.09. The van der Waals surface area contributed by atoms with Crippen molar-refractivity contribution in [1.82, 2.24) is 18.9 Å². The topological polar surface area (TPSA) is 79.6 Å². The molecule has 0 spiro atoms. The lowest BCUT2D eigenvalue weighted by Crippen LogP contribution is -2.40. The third-order valence-corrected chi connectivity index (χ3v) is 8.19. The Hall–Kier alpha value is -1.97. The van der Waals surface area contributed by atoms with E-state index in [2.05, 4.69) is 45.4 Å². The average molecular weight is 492 g/mol. The number of benzene rings is 1. The Balaban J connectivity index is 1.54. The van der Waals surface area contributed by atoms with Gasteiger partial charge in [-0.2, -0.15) is 9.61 Å². The minimum absolute atomic E-state index is 0.167. The molecular formula is C21H26BrN5O2S. The molecular weight excluding hydrogens is 466 g/mol. The van der Waals surface area contributed by atoms with Crippen LogP contribution in [-0.4, -0.2) is 52.7 Å². The van der Waals surface area contributed by atoms with Crippen LogP contribution in [0, 0.1) is 12.8 Å². The molecule has 1 saturated heterocycles. The quantitative estimate of drug-likeness (QED) is 0.564. The van der Waals surface area contributed by atoms with Crippen molar-refractivity contribution in [3.8, 4) is 11.3 Å². The number of nitrogens with one attached hydrogen (secondary N) is 1. The molecule has 160 valence electrons. The number of rotatable bonds is 6. The summed E-state index contributed by atoms with van der Waals surface area (Å²) in [5.41, 5.74) is 3.92. The van der Waals surface area contributed by atoms with Crippen LogP contribution in [0.3, 0.4) is 0 Å². The summed E-state index contributed by atoms with van der Waals surface area (Å²) >= 11 is 3.55.